The molecule has 0 fully saturated rings. The summed E-state index contributed by atoms with van der Waals surface area (Å²) in [7, 11) is 0.952. The third-order valence-corrected chi connectivity index (χ3v) is 3.07. The molecule has 1 rings (SSSR count). The van der Waals surface area contributed by atoms with Gasteiger partial charge in [0.1, 0.15) is 8.07 Å². The van der Waals surface area contributed by atoms with Gasteiger partial charge >= 0.3 is 0 Å². The molecule has 84 valence electrons. The summed E-state index contributed by atoms with van der Waals surface area (Å²) >= 11 is 0. The quantitative estimate of drug-likeness (QED) is 0.411. The SMILES string of the molecule is CN1C=CN(CCCC#C[Si](C)(C)C)C1. The first-order valence-electron chi connectivity index (χ1n) is 5.60. The minimum Gasteiger partial charge on any atom is -0.362 e. The summed E-state index contributed by atoms with van der Waals surface area (Å²) in [6, 6.07) is 0. The standard InChI is InChI=1S/C12H22N2Si/c1-13-9-10-14(12-13)8-6-5-7-11-15(2,3)4/h9-10H,5-6,8,12H2,1-4H3. The van der Waals surface area contributed by atoms with E-state index in [1.807, 2.05) is 0 Å². The van der Waals surface area contributed by atoms with Gasteiger partial charge in [-0.2, -0.15) is 0 Å². The number of nitrogens with zero attached hydrogens (tertiary/aromatic N) is 2. The fraction of sp³-hybridized carbons (Fsp3) is 0.667. The normalized spacial score (nSPS) is 15.5. The van der Waals surface area contributed by atoms with Gasteiger partial charge in [-0.3, -0.25) is 0 Å². The smallest absolute Gasteiger partial charge is 0.129 e. The Morgan fingerprint density at radius 3 is 2.53 bits per heavy atom. The van der Waals surface area contributed by atoms with Crippen LogP contribution in [0.5, 0.6) is 0 Å². The van der Waals surface area contributed by atoms with Crippen molar-refractivity contribution < 1.29 is 0 Å². The molecular weight excluding hydrogens is 200 g/mol. The van der Waals surface area contributed by atoms with E-state index in [-0.39, 0.29) is 0 Å². The van der Waals surface area contributed by atoms with Crippen molar-refractivity contribution in [2.75, 3.05) is 20.3 Å². The van der Waals surface area contributed by atoms with Crippen LogP contribution in [-0.2, 0) is 0 Å². The van der Waals surface area contributed by atoms with Gasteiger partial charge in [-0.15, -0.1) is 11.5 Å². The molecule has 15 heavy (non-hydrogen) atoms. The Bertz CT molecular complexity index is 280. The molecule has 1 aliphatic heterocycles. The number of hydrogen-bond donors (Lipinski definition) is 0. The first-order valence-corrected chi connectivity index (χ1v) is 9.10. The van der Waals surface area contributed by atoms with E-state index in [0.717, 1.165) is 19.6 Å². The maximum absolute atomic E-state index is 3.40. The van der Waals surface area contributed by atoms with Gasteiger partial charge in [0.05, 0.1) is 6.67 Å². The van der Waals surface area contributed by atoms with Crippen molar-refractivity contribution in [2.45, 2.75) is 32.5 Å². The van der Waals surface area contributed by atoms with Gasteiger partial charge in [0.15, 0.2) is 0 Å². The molecule has 0 aromatic heterocycles. The van der Waals surface area contributed by atoms with Crippen LogP contribution in [-0.4, -0.2) is 38.1 Å². The van der Waals surface area contributed by atoms with E-state index in [0.29, 0.717) is 0 Å². The van der Waals surface area contributed by atoms with Crippen LogP contribution in [0.4, 0.5) is 0 Å². The molecule has 0 atom stereocenters. The van der Waals surface area contributed by atoms with E-state index in [1.54, 1.807) is 0 Å². The van der Waals surface area contributed by atoms with E-state index in [1.165, 1.54) is 6.42 Å². The lowest BCUT2D eigenvalue weighted by Crippen LogP contribution is -2.23. The Morgan fingerprint density at radius 2 is 2.00 bits per heavy atom. The average Bonchev–Trinajstić information content (AvgIpc) is 2.49. The molecule has 1 heterocycles. The van der Waals surface area contributed by atoms with E-state index >= 15 is 0 Å². The van der Waals surface area contributed by atoms with E-state index in [9.17, 15) is 0 Å². The molecule has 0 aliphatic carbocycles. The molecule has 0 amide bonds. The molecule has 0 saturated carbocycles. The van der Waals surface area contributed by atoms with Gasteiger partial charge in [0.25, 0.3) is 0 Å². The summed E-state index contributed by atoms with van der Waals surface area (Å²) in [5.74, 6) is 3.31. The lowest BCUT2D eigenvalue weighted by atomic mass is 10.3. The molecule has 3 heteroatoms. The van der Waals surface area contributed by atoms with Crippen molar-refractivity contribution in [1.82, 2.24) is 9.80 Å². The Balaban J connectivity index is 2.12. The third kappa shape index (κ3) is 5.53. The Morgan fingerprint density at radius 1 is 1.27 bits per heavy atom. The van der Waals surface area contributed by atoms with E-state index < -0.39 is 8.07 Å². The Hall–Kier alpha value is -0.883. The Kier molecular flexibility index (Phi) is 4.28. The minimum absolute atomic E-state index is 1.03. The lowest BCUT2D eigenvalue weighted by Gasteiger charge is -2.17. The van der Waals surface area contributed by atoms with Crippen LogP contribution in [0.25, 0.3) is 0 Å². The Labute approximate surface area is 95.0 Å². The fourth-order valence-corrected chi connectivity index (χ4v) is 2.09. The lowest BCUT2D eigenvalue weighted by molar-refractivity contribution is 0.295. The summed E-state index contributed by atoms with van der Waals surface area (Å²) in [5, 5.41) is 0. The van der Waals surface area contributed by atoms with Crippen LogP contribution in [0, 0.1) is 11.5 Å². The molecule has 0 aromatic rings. The maximum atomic E-state index is 3.40. The average molecular weight is 222 g/mol. The van der Waals surface area contributed by atoms with Crippen molar-refractivity contribution in [1.29, 1.82) is 0 Å². The zero-order valence-electron chi connectivity index (χ0n) is 10.4. The van der Waals surface area contributed by atoms with Crippen LogP contribution in [0.15, 0.2) is 12.4 Å². The van der Waals surface area contributed by atoms with Crippen LogP contribution >= 0.6 is 0 Å². The third-order valence-electron chi connectivity index (χ3n) is 2.15. The van der Waals surface area contributed by atoms with Crippen LogP contribution in [0.1, 0.15) is 12.8 Å². The second-order valence-electron chi connectivity index (χ2n) is 5.16. The van der Waals surface area contributed by atoms with Crippen molar-refractivity contribution in [3.63, 3.8) is 0 Å². The molecule has 0 N–H and O–H groups in total. The van der Waals surface area contributed by atoms with E-state index in [4.69, 9.17) is 0 Å². The van der Waals surface area contributed by atoms with Gasteiger partial charge in [-0.25, -0.2) is 0 Å². The molecule has 2 nitrogen and oxygen atoms in total. The number of rotatable bonds is 3. The monoisotopic (exact) mass is 222 g/mol. The second-order valence-corrected chi connectivity index (χ2v) is 9.91. The van der Waals surface area contributed by atoms with Crippen molar-refractivity contribution in [3.8, 4) is 11.5 Å². The molecule has 0 unspecified atom stereocenters. The van der Waals surface area contributed by atoms with Crippen molar-refractivity contribution >= 4 is 8.07 Å². The largest absolute Gasteiger partial charge is 0.362 e. The highest BCUT2D eigenvalue weighted by molar-refractivity contribution is 6.83. The van der Waals surface area contributed by atoms with Crippen molar-refractivity contribution in [2.24, 2.45) is 0 Å². The fourth-order valence-electron chi connectivity index (χ4n) is 1.43. The number of unbranched alkanes of at least 4 members (excludes halogenated alkanes) is 1. The molecule has 0 bridgehead atoms. The zero-order valence-corrected chi connectivity index (χ0v) is 11.4. The predicted octanol–water partition coefficient (Wildman–Crippen LogP) is 2.32. The molecule has 0 radical (unpaired) electrons. The topological polar surface area (TPSA) is 6.48 Å². The summed E-state index contributed by atoms with van der Waals surface area (Å²) in [6.45, 7) is 9.02. The van der Waals surface area contributed by atoms with Gasteiger partial charge < -0.3 is 9.80 Å². The highest BCUT2D eigenvalue weighted by Gasteiger charge is 2.08. The second kappa shape index (κ2) is 5.27. The van der Waals surface area contributed by atoms with Crippen LogP contribution in [0.3, 0.4) is 0 Å². The minimum atomic E-state index is -1.15. The zero-order chi connectivity index (χ0) is 11.3. The number of hydrogen-bond acceptors (Lipinski definition) is 2. The predicted molar refractivity (Wildman–Crippen MR) is 68.8 cm³/mol. The van der Waals surface area contributed by atoms with Gasteiger partial charge in [-0.05, 0) is 6.42 Å². The molecule has 0 spiro atoms. The van der Waals surface area contributed by atoms with Crippen LogP contribution < -0.4 is 0 Å². The van der Waals surface area contributed by atoms with Gasteiger partial charge in [0.2, 0.25) is 0 Å². The highest BCUT2D eigenvalue weighted by Crippen LogP contribution is 2.05. The molecule has 0 aromatic carbocycles. The first-order chi connectivity index (χ1) is 6.97. The van der Waals surface area contributed by atoms with E-state index in [2.05, 4.69) is 60.4 Å². The summed E-state index contributed by atoms with van der Waals surface area (Å²) in [5.41, 5.74) is 3.40. The maximum Gasteiger partial charge on any atom is 0.129 e. The highest BCUT2D eigenvalue weighted by atomic mass is 28.3. The van der Waals surface area contributed by atoms with Gasteiger partial charge in [0, 0.05) is 32.4 Å². The first kappa shape index (κ1) is 12.2. The van der Waals surface area contributed by atoms with Crippen molar-refractivity contribution in [3.05, 3.63) is 12.4 Å². The summed E-state index contributed by atoms with van der Waals surface area (Å²) in [4.78, 5) is 4.52. The summed E-state index contributed by atoms with van der Waals surface area (Å²) in [6.07, 6.45) is 6.49. The molecular formula is C12H22N2Si. The molecule has 1 aliphatic rings. The van der Waals surface area contributed by atoms with Crippen LogP contribution in [0.2, 0.25) is 19.6 Å². The molecule has 0 saturated heterocycles. The van der Waals surface area contributed by atoms with Gasteiger partial charge in [-0.1, -0.05) is 19.6 Å². The summed E-state index contributed by atoms with van der Waals surface area (Å²) < 4.78 is 0.